The molecule has 0 bridgehead atoms. The molecule has 1 aromatic heterocycles. The topological polar surface area (TPSA) is 166 Å². The van der Waals surface area contributed by atoms with Gasteiger partial charge < -0.3 is 29.8 Å². The summed E-state index contributed by atoms with van der Waals surface area (Å²) in [5.74, 6) is -0.924. The summed E-state index contributed by atoms with van der Waals surface area (Å²) < 4.78 is 40.4. The maximum atomic E-state index is 13.5. The minimum absolute atomic E-state index is 0.0854. The number of carbonyl (C=O) groups is 5. The molecule has 15 nitrogen and oxygen atoms in total. The van der Waals surface area contributed by atoms with E-state index in [2.05, 4.69) is 35.2 Å². The standard InChI is InChI=1S/C44H47F3N10O5/c45-44(46,47)36-18-32(2-1-30(36)19-48)54-11-9-29(10-12-54)40(59)50-38-7-4-33(20-49-38)56-25-28(26-56)22-53-15-13-52(14-16-53)21-27-23-55(24-27)31-3-5-34-35(17-31)43(62)57(42(34)61)37-6-8-39(58)51-41(37)60/h1-5,7,17-18,20,27-29,37H,6,8-16,21-26H2,(H,49,50,59)(H,51,58,60). The van der Waals surface area contributed by atoms with Crippen molar-refractivity contribution in [2.45, 2.75) is 37.9 Å². The van der Waals surface area contributed by atoms with Gasteiger partial charge in [-0.25, -0.2) is 4.98 Å². The van der Waals surface area contributed by atoms with E-state index < -0.39 is 47.0 Å². The van der Waals surface area contributed by atoms with Crippen LogP contribution in [0.3, 0.4) is 0 Å². The first kappa shape index (κ1) is 41.3. The van der Waals surface area contributed by atoms with E-state index >= 15 is 0 Å². The molecule has 2 aromatic carbocycles. The average molecular weight is 853 g/mol. The second-order valence-electron chi connectivity index (χ2n) is 17.3. The summed E-state index contributed by atoms with van der Waals surface area (Å²) in [4.78, 5) is 80.3. The van der Waals surface area contributed by atoms with E-state index in [0.717, 1.165) is 87.8 Å². The summed E-state index contributed by atoms with van der Waals surface area (Å²) in [6.45, 7) is 10.5. The molecule has 0 aliphatic carbocycles. The third-order valence-electron chi connectivity index (χ3n) is 13.2. The number of nitrogens with one attached hydrogen (secondary N) is 2. The molecule has 6 aliphatic heterocycles. The number of nitrogens with zero attached hydrogens (tertiary/aromatic N) is 8. The molecule has 5 fully saturated rings. The van der Waals surface area contributed by atoms with Gasteiger partial charge >= 0.3 is 6.18 Å². The molecule has 2 N–H and O–H groups in total. The second kappa shape index (κ2) is 16.7. The smallest absolute Gasteiger partial charge is 0.371 e. The van der Waals surface area contributed by atoms with Gasteiger partial charge in [-0.1, -0.05) is 0 Å². The van der Waals surface area contributed by atoms with Crippen LogP contribution >= 0.6 is 0 Å². The van der Waals surface area contributed by atoms with Crippen molar-refractivity contribution < 1.29 is 37.1 Å². The van der Waals surface area contributed by atoms with E-state index in [0.29, 0.717) is 54.8 Å². The third-order valence-corrected chi connectivity index (χ3v) is 13.2. The zero-order valence-corrected chi connectivity index (χ0v) is 34.1. The Bertz CT molecular complexity index is 2310. The monoisotopic (exact) mass is 852 g/mol. The van der Waals surface area contributed by atoms with Crippen molar-refractivity contribution in [3.63, 3.8) is 0 Å². The molecule has 3 aromatic rings. The molecule has 7 heterocycles. The van der Waals surface area contributed by atoms with E-state index in [4.69, 9.17) is 5.26 Å². The number of fused-ring (bicyclic) bond motifs is 1. The number of carbonyl (C=O) groups excluding carboxylic acids is 5. The normalized spacial score (nSPS) is 22.0. The number of benzene rings is 2. The van der Waals surface area contributed by atoms with Crippen LogP contribution in [0.1, 0.15) is 57.5 Å². The van der Waals surface area contributed by atoms with Gasteiger partial charge in [-0.05, 0) is 67.8 Å². The number of nitriles is 1. The second-order valence-corrected chi connectivity index (χ2v) is 17.3. The molecule has 324 valence electrons. The Morgan fingerprint density at radius 2 is 1.35 bits per heavy atom. The van der Waals surface area contributed by atoms with E-state index in [-0.39, 0.29) is 30.2 Å². The highest BCUT2D eigenvalue weighted by atomic mass is 19.4. The molecule has 18 heteroatoms. The molecule has 0 radical (unpaired) electrons. The van der Waals surface area contributed by atoms with Gasteiger partial charge in [0.1, 0.15) is 11.9 Å². The van der Waals surface area contributed by atoms with E-state index in [9.17, 15) is 37.1 Å². The summed E-state index contributed by atoms with van der Waals surface area (Å²) >= 11 is 0. The number of piperazine rings is 1. The number of aromatic nitrogens is 1. The molecule has 0 spiro atoms. The van der Waals surface area contributed by atoms with Crippen molar-refractivity contribution in [3.05, 3.63) is 77.0 Å². The Balaban J connectivity index is 0.663. The fourth-order valence-corrected chi connectivity index (χ4v) is 9.67. The number of alkyl halides is 3. The quantitative estimate of drug-likeness (QED) is 0.286. The molecule has 5 amide bonds. The zero-order chi connectivity index (χ0) is 43.3. The molecule has 5 saturated heterocycles. The number of piperidine rings is 2. The Labute approximate surface area is 356 Å². The van der Waals surface area contributed by atoms with Gasteiger partial charge in [-0.2, -0.15) is 18.4 Å². The number of rotatable bonds is 10. The minimum Gasteiger partial charge on any atom is -0.371 e. The molecule has 0 saturated carbocycles. The van der Waals surface area contributed by atoms with Gasteiger partial charge in [0.25, 0.3) is 11.8 Å². The summed E-state index contributed by atoms with van der Waals surface area (Å²) in [5.41, 5.74) is 1.50. The number of hydrogen-bond donors (Lipinski definition) is 2. The highest BCUT2D eigenvalue weighted by molar-refractivity contribution is 6.23. The molecule has 6 aliphatic rings. The van der Waals surface area contributed by atoms with Crippen molar-refractivity contribution in [1.82, 2.24) is 25.0 Å². The van der Waals surface area contributed by atoms with Crippen LogP contribution in [0.5, 0.6) is 0 Å². The minimum atomic E-state index is -4.62. The maximum Gasteiger partial charge on any atom is 0.417 e. The van der Waals surface area contributed by atoms with Crippen molar-refractivity contribution >= 4 is 52.4 Å². The van der Waals surface area contributed by atoms with Crippen LogP contribution in [0.4, 0.5) is 36.1 Å². The lowest BCUT2D eigenvalue weighted by molar-refractivity contribution is -0.138. The van der Waals surface area contributed by atoms with Gasteiger partial charge in [0, 0.05) is 114 Å². The summed E-state index contributed by atoms with van der Waals surface area (Å²) in [6, 6.07) is 13.4. The van der Waals surface area contributed by atoms with Crippen LogP contribution in [0.25, 0.3) is 0 Å². The highest BCUT2D eigenvalue weighted by Gasteiger charge is 2.45. The average Bonchev–Trinajstić information content (AvgIpc) is 3.48. The maximum absolute atomic E-state index is 13.5. The number of hydrogen-bond acceptors (Lipinski definition) is 12. The first-order valence-electron chi connectivity index (χ1n) is 21.2. The first-order valence-corrected chi connectivity index (χ1v) is 21.2. The summed E-state index contributed by atoms with van der Waals surface area (Å²) in [7, 11) is 0. The van der Waals surface area contributed by atoms with E-state index in [1.54, 1.807) is 30.5 Å². The van der Waals surface area contributed by atoms with Crippen molar-refractivity contribution in [3.8, 4) is 6.07 Å². The lowest BCUT2D eigenvalue weighted by Crippen LogP contribution is -2.57. The Hall–Kier alpha value is -6.06. The number of anilines is 4. The molecule has 62 heavy (non-hydrogen) atoms. The lowest BCUT2D eigenvalue weighted by atomic mass is 9.95. The van der Waals surface area contributed by atoms with Gasteiger partial charge in [0.15, 0.2) is 0 Å². The molecule has 1 atom stereocenters. The van der Waals surface area contributed by atoms with Crippen LogP contribution in [0, 0.1) is 29.1 Å². The molecular weight excluding hydrogens is 806 g/mol. The van der Waals surface area contributed by atoms with Crippen LogP contribution in [-0.4, -0.2) is 134 Å². The number of pyridine rings is 1. The van der Waals surface area contributed by atoms with Gasteiger partial charge in [-0.3, -0.25) is 34.2 Å². The fraction of sp³-hybridized carbons (Fsp3) is 0.477. The van der Waals surface area contributed by atoms with Crippen LogP contribution in [0.2, 0.25) is 0 Å². The van der Waals surface area contributed by atoms with Crippen molar-refractivity contribution in [2.75, 3.05) is 98.6 Å². The summed E-state index contributed by atoms with van der Waals surface area (Å²) in [5, 5.41) is 14.2. The molecule has 9 rings (SSSR count). The predicted molar refractivity (Wildman–Crippen MR) is 221 cm³/mol. The van der Waals surface area contributed by atoms with Crippen LogP contribution < -0.4 is 25.3 Å². The van der Waals surface area contributed by atoms with E-state index in [1.165, 1.54) is 12.1 Å². The van der Waals surface area contributed by atoms with Gasteiger partial charge in [-0.15, -0.1) is 0 Å². The highest BCUT2D eigenvalue weighted by Crippen LogP contribution is 2.36. The van der Waals surface area contributed by atoms with Gasteiger partial charge in [0.05, 0.1) is 40.2 Å². The van der Waals surface area contributed by atoms with E-state index in [1.807, 2.05) is 17.0 Å². The zero-order valence-electron chi connectivity index (χ0n) is 34.1. The Morgan fingerprint density at radius 3 is 1.95 bits per heavy atom. The van der Waals surface area contributed by atoms with Crippen molar-refractivity contribution in [2.24, 2.45) is 17.8 Å². The van der Waals surface area contributed by atoms with Crippen LogP contribution in [0.15, 0.2) is 54.7 Å². The molecular formula is C44H47F3N10O5. The lowest BCUT2D eigenvalue weighted by Gasteiger charge is -2.46. The van der Waals surface area contributed by atoms with Crippen molar-refractivity contribution in [1.29, 1.82) is 5.26 Å². The van der Waals surface area contributed by atoms with Gasteiger partial charge in [0.2, 0.25) is 17.7 Å². The third kappa shape index (κ3) is 8.30. The fourth-order valence-electron chi connectivity index (χ4n) is 9.67. The SMILES string of the molecule is N#Cc1ccc(N2CCC(C(=O)Nc3ccc(N4CC(CN5CCN(CC6CN(c7ccc8c(c7)C(=O)N(C7CCC(=O)NC7=O)C8=O)C6)CC5)C4)cn3)CC2)cc1C(F)(F)F. The molecule has 1 unspecified atom stereocenters. The summed E-state index contributed by atoms with van der Waals surface area (Å²) in [6.07, 6.45) is -1.66. The first-order chi connectivity index (χ1) is 29.8. The number of halogens is 3. The number of amides is 5. The number of imide groups is 2. The Kier molecular flexibility index (Phi) is 11.1. The largest absolute Gasteiger partial charge is 0.417 e. The predicted octanol–water partition coefficient (Wildman–Crippen LogP) is 3.42. The van der Waals surface area contributed by atoms with Crippen LogP contribution in [-0.2, 0) is 20.6 Å². The Morgan fingerprint density at radius 1 is 0.758 bits per heavy atom.